The first-order chi connectivity index (χ1) is 19.8. The Balaban J connectivity index is 0.000000328. The molecule has 0 aliphatic carbocycles. The van der Waals surface area contributed by atoms with E-state index in [-0.39, 0.29) is 5.56 Å². The lowest BCUT2D eigenvalue weighted by molar-refractivity contribution is 0.112. The van der Waals surface area contributed by atoms with Gasteiger partial charge in [-0.1, -0.05) is 65.3 Å². The van der Waals surface area contributed by atoms with Gasteiger partial charge in [-0.3, -0.25) is 9.59 Å². The Kier molecular flexibility index (Phi) is 9.81. The molecule has 0 saturated heterocycles. The number of nitrogens with two attached hydrogens (primary N) is 1. The maximum Gasteiger partial charge on any atom is 0.291 e. The first-order valence-corrected chi connectivity index (χ1v) is 13.8. The molecule has 41 heavy (non-hydrogen) atoms. The number of thioether (sulfide) groups is 1. The largest absolute Gasteiger partial charge is 0.388 e. The molecule has 2 heterocycles. The summed E-state index contributed by atoms with van der Waals surface area (Å²) < 4.78 is 2.78. The summed E-state index contributed by atoms with van der Waals surface area (Å²) in [6.45, 7) is 0. The quantitative estimate of drug-likeness (QED) is 0.103. The van der Waals surface area contributed by atoms with Gasteiger partial charge < -0.3 is 15.7 Å². The van der Waals surface area contributed by atoms with E-state index in [2.05, 4.69) is 15.3 Å². The highest BCUT2D eigenvalue weighted by molar-refractivity contribution is 7.98. The molecule has 3 aromatic carbocycles. The lowest BCUT2D eigenvalue weighted by Gasteiger charge is -2.12. The number of aldehydes is 1. The number of carbonyl (C=O) groups excluding carboxylic acids is 1. The highest BCUT2D eigenvalue weighted by atomic mass is 35.5. The van der Waals surface area contributed by atoms with Crippen LogP contribution in [0.25, 0.3) is 16.9 Å². The van der Waals surface area contributed by atoms with Crippen molar-refractivity contribution in [2.75, 3.05) is 18.2 Å². The predicted molar refractivity (Wildman–Crippen MR) is 163 cm³/mol. The van der Waals surface area contributed by atoms with Crippen molar-refractivity contribution in [3.8, 4) is 23.0 Å². The molecule has 2 aromatic heterocycles. The molecule has 0 fully saturated rings. The maximum atomic E-state index is 12.8. The summed E-state index contributed by atoms with van der Waals surface area (Å²) in [5, 5.41) is 13.9. The summed E-state index contributed by atoms with van der Waals surface area (Å²) in [6, 6.07) is 22.0. The second-order valence-electron chi connectivity index (χ2n) is 8.46. The number of nitrogens with one attached hydrogen (secondary N) is 1. The molecule has 0 radical (unpaired) electrons. The van der Waals surface area contributed by atoms with Gasteiger partial charge >= 0.3 is 0 Å². The second-order valence-corrected chi connectivity index (χ2v) is 10.2. The molecule has 206 valence electrons. The van der Waals surface area contributed by atoms with Gasteiger partial charge in [0.2, 0.25) is 0 Å². The normalized spacial score (nSPS) is 10.3. The molecule has 0 spiro atoms. The average molecular weight is 605 g/mol. The van der Waals surface area contributed by atoms with Gasteiger partial charge in [0.15, 0.2) is 5.16 Å². The van der Waals surface area contributed by atoms with Crippen molar-refractivity contribution in [2.45, 2.75) is 10.9 Å². The van der Waals surface area contributed by atoms with Gasteiger partial charge in [0, 0.05) is 47.7 Å². The third-order valence-electron chi connectivity index (χ3n) is 5.78. The summed E-state index contributed by atoms with van der Waals surface area (Å²) in [5.74, 6) is 6.55. The van der Waals surface area contributed by atoms with Gasteiger partial charge in [0.1, 0.15) is 17.9 Å². The Morgan fingerprint density at radius 3 is 2.59 bits per heavy atom. The average Bonchev–Trinajstić information content (AvgIpc) is 3.55. The van der Waals surface area contributed by atoms with Crippen LogP contribution in [0.3, 0.4) is 0 Å². The fourth-order valence-electron chi connectivity index (χ4n) is 3.70. The number of nitrogens with zero attached hydrogens (tertiary/aromatic N) is 5. The number of nitriles is 1. The van der Waals surface area contributed by atoms with Crippen molar-refractivity contribution in [2.24, 2.45) is 0 Å². The number of carbonyl (C=O) groups is 1. The predicted octanol–water partition coefficient (Wildman–Crippen LogP) is 5.82. The second kappa shape index (κ2) is 13.7. The van der Waals surface area contributed by atoms with E-state index >= 15 is 0 Å². The Bertz CT molecular complexity index is 1780. The number of imidazole rings is 1. The smallest absolute Gasteiger partial charge is 0.291 e. The standard InChI is InChI=1S/C22H19N7OS.C7H4Cl2O/c1-25-17-6-2-4-15(10-17)13-31-22-27-20(19(12-23)21(30)29(22)24)16-5-3-7-18(11-16)28-9-8-26-14-28;8-6-2-1-5(4-10)3-7(6)9/h2-11,14,25H,13,24H2,1H3;1-4H. The van der Waals surface area contributed by atoms with E-state index in [9.17, 15) is 14.9 Å². The van der Waals surface area contributed by atoms with Crippen LogP contribution in [0.2, 0.25) is 10.0 Å². The minimum absolute atomic E-state index is 0.0909. The number of halogens is 2. The molecular weight excluding hydrogens is 581 g/mol. The summed E-state index contributed by atoms with van der Waals surface area (Å²) in [4.78, 5) is 31.6. The first kappa shape index (κ1) is 29.4. The monoisotopic (exact) mass is 603 g/mol. The third kappa shape index (κ3) is 7.15. The van der Waals surface area contributed by atoms with E-state index in [4.69, 9.17) is 29.0 Å². The fourth-order valence-corrected chi connectivity index (χ4v) is 4.86. The third-order valence-corrected chi connectivity index (χ3v) is 7.54. The van der Waals surface area contributed by atoms with Crippen molar-refractivity contribution < 1.29 is 4.79 Å². The van der Waals surface area contributed by atoms with E-state index in [0.717, 1.165) is 27.9 Å². The van der Waals surface area contributed by atoms with Gasteiger partial charge in [-0.25, -0.2) is 14.6 Å². The Hall–Kier alpha value is -4.56. The molecular formula is C29H23Cl2N7O2S. The van der Waals surface area contributed by atoms with E-state index in [1.807, 2.05) is 72.4 Å². The highest BCUT2D eigenvalue weighted by Gasteiger charge is 2.18. The zero-order chi connectivity index (χ0) is 29.4. The number of nitrogen functional groups attached to an aromatic ring is 1. The summed E-state index contributed by atoms with van der Waals surface area (Å²) in [5.41, 5.74) is 3.72. The minimum Gasteiger partial charge on any atom is -0.388 e. The molecule has 0 aliphatic heterocycles. The Labute approximate surface area is 250 Å². The van der Waals surface area contributed by atoms with Crippen LogP contribution in [0, 0.1) is 11.3 Å². The van der Waals surface area contributed by atoms with Crippen molar-refractivity contribution in [1.82, 2.24) is 19.2 Å². The van der Waals surface area contributed by atoms with Crippen LogP contribution in [-0.2, 0) is 5.75 Å². The van der Waals surface area contributed by atoms with E-state index in [0.29, 0.717) is 37.8 Å². The number of aromatic nitrogens is 4. The molecule has 0 bridgehead atoms. The molecule has 5 rings (SSSR count). The molecule has 3 N–H and O–H groups in total. The number of rotatable bonds is 7. The maximum absolute atomic E-state index is 12.8. The SMILES string of the molecule is CNc1cccc(CSc2nc(-c3cccc(-n4ccnc4)c3)c(C#N)c(=O)n2N)c1.O=Cc1ccc(Cl)c(Cl)c1. The molecule has 0 unspecified atom stereocenters. The first-order valence-electron chi connectivity index (χ1n) is 12.0. The Morgan fingerprint density at radius 1 is 1.10 bits per heavy atom. The van der Waals surface area contributed by atoms with Crippen LogP contribution in [0.5, 0.6) is 0 Å². The molecule has 12 heteroatoms. The van der Waals surface area contributed by atoms with Crippen LogP contribution < -0.4 is 16.7 Å². The van der Waals surface area contributed by atoms with E-state index < -0.39 is 5.56 Å². The molecule has 0 amide bonds. The van der Waals surface area contributed by atoms with Crippen LogP contribution >= 0.6 is 35.0 Å². The molecule has 0 atom stereocenters. The van der Waals surface area contributed by atoms with E-state index in [1.54, 1.807) is 24.7 Å². The van der Waals surface area contributed by atoms with Crippen LogP contribution in [0.15, 0.2) is 95.4 Å². The number of hydrogen-bond acceptors (Lipinski definition) is 8. The lowest BCUT2D eigenvalue weighted by atomic mass is 10.1. The minimum atomic E-state index is -0.577. The van der Waals surface area contributed by atoms with Crippen molar-refractivity contribution in [3.05, 3.63) is 123 Å². The van der Waals surface area contributed by atoms with Gasteiger partial charge in [-0.05, 0) is 42.0 Å². The fraction of sp³-hybridized carbons (Fsp3) is 0.0690. The topological polar surface area (TPSA) is 132 Å². The summed E-state index contributed by atoms with van der Waals surface area (Å²) in [7, 11) is 1.86. The van der Waals surface area contributed by atoms with Gasteiger partial charge in [-0.2, -0.15) is 5.26 Å². The van der Waals surface area contributed by atoms with Crippen molar-refractivity contribution in [1.29, 1.82) is 5.26 Å². The number of benzene rings is 3. The summed E-state index contributed by atoms with van der Waals surface area (Å²) >= 11 is 12.5. The van der Waals surface area contributed by atoms with E-state index in [1.165, 1.54) is 17.8 Å². The van der Waals surface area contributed by atoms with Crippen LogP contribution in [-0.4, -0.2) is 32.5 Å². The molecule has 0 aliphatic rings. The zero-order valence-corrected chi connectivity index (χ0v) is 24.0. The van der Waals surface area contributed by atoms with Crippen LogP contribution in [0.1, 0.15) is 21.5 Å². The van der Waals surface area contributed by atoms with Crippen LogP contribution in [0.4, 0.5) is 5.69 Å². The Morgan fingerprint density at radius 2 is 1.90 bits per heavy atom. The molecule has 0 saturated carbocycles. The summed E-state index contributed by atoms with van der Waals surface area (Å²) in [6.07, 6.45) is 5.90. The number of anilines is 1. The van der Waals surface area contributed by atoms with Crippen molar-refractivity contribution >= 4 is 46.9 Å². The van der Waals surface area contributed by atoms with Gasteiger partial charge in [-0.15, -0.1) is 0 Å². The molecule has 5 aromatic rings. The number of hydrogen-bond donors (Lipinski definition) is 2. The lowest BCUT2D eigenvalue weighted by Crippen LogP contribution is -2.32. The zero-order valence-electron chi connectivity index (χ0n) is 21.7. The van der Waals surface area contributed by atoms with Gasteiger partial charge in [0.05, 0.1) is 22.1 Å². The van der Waals surface area contributed by atoms with Gasteiger partial charge in [0.25, 0.3) is 5.56 Å². The van der Waals surface area contributed by atoms with Crippen molar-refractivity contribution in [3.63, 3.8) is 0 Å². The molecule has 9 nitrogen and oxygen atoms in total. The highest BCUT2D eigenvalue weighted by Crippen LogP contribution is 2.27.